The fourth-order valence-corrected chi connectivity index (χ4v) is 2.60. The van der Waals surface area contributed by atoms with E-state index in [0.29, 0.717) is 31.4 Å². The van der Waals surface area contributed by atoms with E-state index in [0.717, 1.165) is 16.9 Å². The van der Waals surface area contributed by atoms with Crippen molar-refractivity contribution >= 4 is 5.91 Å². The molecule has 0 saturated heterocycles. The molecule has 0 fully saturated rings. The summed E-state index contributed by atoms with van der Waals surface area (Å²) in [4.78, 5) is 16.8. The van der Waals surface area contributed by atoms with Gasteiger partial charge in [0.25, 0.3) is 0 Å². The van der Waals surface area contributed by atoms with Crippen LogP contribution in [0.3, 0.4) is 0 Å². The lowest BCUT2D eigenvalue weighted by molar-refractivity contribution is -0.125. The number of pyridine rings is 1. The van der Waals surface area contributed by atoms with Gasteiger partial charge in [-0.25, -0.2) is 4.98 Å². The Labute approximate surface area is 147 Å². The molecule has 25 heavy (non-hydrogen) atoms. The van der Waals surface area contributed by atoms with Crippen LogP contribution in [0.2, 0.25) is 0 Å². The topological polar surface area (TPSA) is 69.7 Å². The molecule has 0 aliphatic carbocycles. The molecule has 1 aromatic carbocycles. The predicted molar refractivity (Wildman–Crippen MR) is 93.1 cm³/mol. The standard InChI is InChI=1S/C19H22N2O4/c1-19(2,14-5-6-15-16(10-14)25-9-8-24-15)18(22)21-12-13-4-7-17(23-3)20-11-13/h4-7,10-11H,8-9,12H2,1-3H3,(H,21,22). The molecular weight excluding hydrogens is 320 g/mol. The third kappa shape index (κ3) is 3.68. The van der Waals surface area contributed by atoms with Crippen molar-refractivity contribution in [3.8, 4) is 17.4 Å². The van der Waals surface area contributed by atoms with E-state index in [9.17, 15) is 4.79 Å². The van der Waals surface area contributed by atoms with Crippen LogP contribution in [-0.2, 0) is 16.8 Å². The number of hydrogen-bond donors (Lipinski definition) is 1. The van der Waals surface area contributed by atoms with Crippen LogP contribution in [0.25, 0.3) is 0 Å². The van der Waals surface area contributed by atoms with Gasteiger partial charge in [0.1, 0.15) is 13.2 Å². The van der Waals surface area contributed by atoms with Crippen molar-refractivity contribution in [3.63, 3.8) is 0 Å². The smallest absolute Gasteiger partial charge is 0.230 e. The Morgan fingerprint density at radius 3 is 2.64 bits per heavy atom. The number of amides is 1. The summed E-state index contributed by atoms with van der Waals surface area (Å²) in [6.07, 6.45) is 1.69. The van der Waals surface area contributed by atoms with Crippen LogP contribution in [0.4, 0.5) is 0 Å². The summed E-state index contributed by atoms with van der Waals surface area (Å²) in [6, 6.07) is 9.29. The fourth-order valence-electron chi connectivity index (χ4n) is 2.60. The van der Waals surface area contributed by atoms with Crippen molar-refractivity contribution < 1.29 is 19.0 Å². The minimum Gasteiger partial charge on any atom is -0.486 e. The maximum absolute atomic E-state index is 12.7. The van der Waals surface area contributed by atoms with Crippen LogP contribution in [-0.4, -0.2) is 31.2 Å². The zero-order valence-electron chi connectivity index (χ0n) is 14.7. The van der Waals surface area contributed by atoms with Crippen LogP contribution in [0, 0.1) is 0 Å². The highest BCUT2D eigenvalue weighted by atomic mass is 16.6. The van der Waals surface area contributed by atoms with Gasteiger partial charge in [-0.15, -0.1) is 0 Å². The van der Waals surface area contributed by atoms with Crippen LogP contribution < -0.4 is 19.5 Å². The highest BCUT2D eigenvalue weighted by Gasteiger charge is 2.31. The lowest BCUT2D eigenvalue weighted by Gasteiger charge is -2.26. The summed E-state index contributed by atoms with van der Waals surface area (Å²) >= 11 is 0. The highest BCUT2D eigenvalue weighted by molar-refractivity contribution is 5.87. The van der Waals surface area contributed by atoms with Gasteiger partial charge in [0.05, 0.1) is 12.5 Å². The SMILES string of the molecule is COc1ccc(CNC(=O)C(C)(C)c2ccc3c(c2)OCCO3)cn1. The number of carbonyl (C=O) groups excluding carboxylic acids is 1. The zero-order valence-corrected chi connectivity index (χ0v) is 14.7. The number of aromatic nitrogens is 1. The van der Waals surface area contributed by atoms with Crippen molar-refractivity contribution in [2.24, 2.45) is 0 Å². The van der Waals surface area contributed by atoms with Gasteiger partial charge in [-0.3, -0.25) is 4.79 Å². The van der Waals surface area contributed by atoms with Gasteiger partial charge in [-0.2, -0.15) is 0 Å². The molecule has 2 heterocycles. The van der Waals surface area contributed by atoms with E-state index in [2.05, 4.69) is 10.3 Å². The van der Waals surface area contributed by atoms with E-state index >= 15 is 0 Å². The average Bonchev–Trinajstić information content (AvgIpc) is 2.66. The van der Waals surface area contributed by atoms with Crippen molar-refractivity contribution in [1.29, 1.82) is 0 Å². The van der Waals surface area contributed by atoms with Gasteiger partial charge in [-0.1, -0.05) is 12.1 Å². The van der Waals surface area contributed by atoms with Crippen molar-refractivity contribution in [2.45, 2.75) is 25.8 Å². The van der Waals surface area contributed by atoms with Crippen molar-refractivity contribution in [2.75, 3.05) is 20.3 Å². The molecule has 2 aromatic rings. The zero-order chi connectivity index (χ0) is 17.9. The van der Waals surface area contributed by atoms with Gasteiger partial charge in [0, 0.05) is 18.8 Å². The average molecular weight is 342 g/mol. The molecule has 3 rings (SSSR count). The summed E-state index contributed by atoms with van der Waals surface area (Å²) in [5.74, 6) is 1.88. The van der Waals surface area contributed by atoms with Gasteiger partial charge in [0.15, 0.2) is 11.5 Å². The minimum absolute atomic E-state index is 0.0694. The highest BCUT2D eigenvalue weighted by Crippen LogP contribution is 2.35. The van der Waals surface area contributed by atoms with E-state index in [1.807, 2.05) is 38.1 Å². The molecule has 0 saturated carbocycles. The first-order chi connectivity index (χ1) is 12.0. The number of rotatable bonds is 5. The number of hydrogen-bond acceptors (Lipinski definition) is 5. The summed E-state index contributed by atoms with van der Waals surface area (Å²) in [7, 11) is 1.57. The molecule has 1 amide bonds. The Hall–Kier alpha value is -2.76. The third-order valence-corrected chi connectivity index (χ3v) is 4.29. The largest absolute Gasteiger partial charge is 0.486 e. The molecule has 1 aliphatic heterocycles. The molecule has 0 unspecified atom stereocenters. The first kappa shape index (κ1) is 17.1. The molecular formula is C19H22N2O4. The van der Waals surface area contributed by atoms with E-state index in [1.54, 1.807) is 19.4 Å². The molecule has 0 spiro atoms. The lowest BCUT2D eigenvalue weighted by atomic mass is 9.83. The number of fused-ring (bicyclic) bond motifs is 1. The molecule has 0 bridgehead atoms. The van der Waals surface area contributed by atoms with Crippen molar-refractivity contribution in [1.82, 2.24) is 10.3 Å². The first-order valence-corrected chi connectivity index (χ1v) is 8.18. The van der Waals surface area contributed by atoms with Crippen LogP contribution in [0.5, 0.6) is 17.4 Å². The molecule has 1 N–H and O–H groups in total. The number of nitrogens with one attached hydrogen (secondary N) is 1. The van der Waals surface area contributed by atoms with E-state index < -0.39 is 5.41 Å². The van der Waals surface area contributed by atoms with Gasteiger partial charge < -0.3 is 19.5 Å². The Morgan fingerprint density at radius 1 is 1.20 bits per heavy atom. The number of benzene rings is 1. The maximum atomic E-state index is 12.7. The molecule has 0 atom stereocenters. The fraction of sp³-hybridized carbons (Fsp3) is 0.368. The maximum Gasteiger partial charge on any atom is 0.230 e. The second-order valence-corrected chi connectivity index (χ2v) is 6.37. The third-order valence-electron chi connectivity index (χ3n) is 4.29. The first-order valence-electron chi connectivity index (χ1n) is 8.18. The number of ether oxygens (including phenoxy) is 3. The van der Waals surface area contributed by atoms with Crippen LogP contribution in [0.1, 0.15) is 25.0 Å². The summed E-state index contributed by atoms with van der Waals surface area (Å²) < 4.78 is 16.2. The van der Waals surface area contributed by atoms with E-state index in [1.165, 1.54) is 0 Å². The van der Waals surface area contributed by atoms with Gasteiger partial charge in [-0.05, 0) is 37.1 Å². The normalized spacial score (nSPS) is 13.2. The molecule has 1 aliphatic rings. The van der Waals surface area contributed by atoms with Crippen LogP contribution in [0.15, 0.2) is 36.5 Å². The number of nitrogens with zero attached hydrogens (tertiary/aromatic N) is 1. The Morgan fingerprint density at radius 2 is 1.96 bits per heavy atom. The minimum atomic E-state index is -0.699. The molecule has 6 nitrogen and oxygen atoms in total. The number of methoxy groups -OCH3 is 1. The summed E-state index contributed by atoms with van der Waals surface area (Å²) in [6.45, 7) is 5.25. The molecule has 0 radical (unpaired) electrons. The van der Waals surface area contributed by atoms with Crippen LogP contribution >= 0.6 is 0 Å². The lowest BCUT2D eigenvalue weighted by Crippen LogP contribution is -2.39. The predicted octanol–water partition coefficient (Wildman–Crippen LogP) is 2.46. The second kappa shape index (κ2) is 7.01. The Balaban J connectivity index is 1.69. The Bertz CT molecular complexity index is 757. The summed E-state index contributed by atoms with van der Waals surface area (Å²) in [5.41, 5.74) is 1.09. The van der Waals surface area contributed by atoms with E-state index in [-0.39, 0.29) is 5.91 Å². The molecule has 1 aromatic heterocycles. The Kier molecular flexibility index (Phi) is 4.79. The number of carbonyl (C=O) groups is 1. The van der Waals surface area contributed by atoms with Crippen molar-refractivity contribution in [3.05, 3.63) is 47.7 Å². The van der Waals surface area contributed by atoms with E-state index in [4.69, 9.17) is 14.2 Å². The van der Waals surface area contributed by atoms with Gasteiger partial charge >= 0.3 is 0 Å². The molecule has 132 valence electrons. The van der Waals surface area contributed by atoms with Gasteiger partial charge in [0.2, 0.25) is 11.8 Å². The monoisotopic (exact) mass is 342 g/mol. The summed E-state index contributed by atoms with van der Waals surface area (Å²) in [5, 5.41) is 2.96. The quantitative estimate of drug-likeness (QED) is 0.904. The second-order valence-electron chi connectivity index (χ2n) is 6.37. The molecule has 6 heteroatoms.